The van der Waals surface area contributed by atoms with E-state index in [2.05, 4.69) is 9.97 Å². The van der Waals surface area contributed by atoms with Gasteiger partial charge in [0, 0.05) is 29.4 Å². The van der Waals surface area contributed by atoms with Crippen LogP contribution in [0.1, 0.15) is 15.9 Å². The number of para-hydroxylation sites is 1. The van der Waals surface area contributed by atoms with Crippen LogP contribution in [0.2, 0.25) is 5.02 Å². The normalized spacial score (nSPS) is 10.8. The molecule has 0 aliphatic heterocycles. The van der Waals surface area contributed by atoms with Gasteiger partial charge >= 0.3 is 0 Å². The molecule has 1 heterocycles. The number of hydrogen-bond donors (Lipinski definition) is 0. The van der Waals surface area contributed by atoms with Crippen LogP contribution in [0.25, 0.3) is 11.0 Å². The molecule has 0 aliphatic rings. The van der Waals surface area contributed by atoms with Crippen LogP contribution < -0.4 is 0 Å². The maximum Gasteiger partial charge on any atom is 0.169 e. The van der Waals surface area contributed by atoms with E-state index in [1.54, 1.807) is 24.4 Å². The largest absolute Gasteiger partial charge is 0.294 e. The number of benzene rings is 2. The summed E-state index contributed by atoms with van der Waals surface area (Å²) < 4.78 is 13.7. The summed E-state index contributed by atoms with van der Waals surface area (Å²) in [6, 6.07) is 9.35. The number of carbonyl (C=O) groups excluding carboxylic acids is 1. The topological polar surface area (TPSA) is 42.9 Å². The summed E-state index contributed by atoms with van der Waals surface area (Å²) in [6.45, 7) is 0. The van der Waals surface area contributed by atoms with Crippen LogP contribution in [0.3, 0.4) is 0 Å². The van der Waals surface area contributed by atoms with Crippen LogP contribution in [0.15, 0.2) is 48.8 Å². The van der Waals surface area contributed by atoms with Crippen molar-refractivity contribution in [2.45, 2.75) is 6.42 Å². The summed E-state index contributed by atoms with van der Waals surface area (Å²) in [5.74, 6) is -0.665. The molecular formula is C16H10ClFN2O. The summed E-state index contributed by atoms with van der Waals surface area (Å²) in [5.41, 5.74) is 1.86. The molecule has 0 saturated carbocycles. The zero-order valence-corrected chi connectivity index (χ0v) is 11.6. The molecule has 104 valence electrons. The fourth-order valence-electron chi connectivity index (χ4n) is 2.16. The number of carbonyl (C=O) groups is 1. The fourth-order valence-corrected chi connectivity index (χ4v) is 2.36. The molecule has 0 radical (unpaired) electrons. The predicted octanol–water partition coefficient (Wildman–Crippen LogP) is 3.85. The Balaban J connectivity index is 1.99. The molecule has 0 bridgehead atoms. The molecule has 0 spiro atoms. The minimum Gasteiger partial charge on any atom is -0.294 e. The summed E-state index contributed by atoms with van der Waals surface area (Å²) in [5, 5.41) is 0.400. The van der Waals surface area contributed by atoms with Crippen molar-refractivity contribution in [2.24, 2.45) is 0 Å². The third kappa shape index (κ3) is 2.76. The zero-order valence-electron chi connectivity index (χ0n) is 10.9. The first-order chi connectivity index (χ1) is 10.1. The van der Waals surface area contributed by atoms with Crippen molar-refractivity contribution in [3.8, 4) is 0 Å². The molecule has 1 aromatic heterocycles. The van der Waals surface area contributed by atoms with E-state index in [0.717, 1.165) is 0 Å². The Morgan fingerprint density at radius 3 is 2.81 bits per heavy atom. The van der Waals surface area contributed by atoms with E-state index in [4.69, 9.17) is 11.6 Å². The van der Waals surface area contributed by atoms with Gasteiger partial charge in [0.1, 0.15) is 5.82 Å². The standard InChI is InChI=1S/C16H10ClFN2O/c17-11-4-5-13(18)10(8-11)9-15(21)12-2-1-3-14-16(12)20-7-6-19-14/h1-8H,9H2. The number of Topliss-reactive ketones (excluding diaryl/α,β-unsaturated/α-hetero) is 1. The van der Waals surface area contributed by atoms with Gasteiger partial charge in [-0.15, -0.1) is 0 Å². The van der Waals surface area contributed by atoms with Gasteiger partial charge in [0.2, 0.25) is 0 Å². The Morgan fingerprint density at radius 1 is 1.14 bits per heavy atom. The Morgan fingerprint density at radius 2 is 1.95 bits per heavy atom. The highest BCUT2D eigenvalue weighted by Crippen LogP contribution is 2.20. The maximum absolute atomic E-state index is 13.7. The minimum atomic E-state index is -0.445. The second-order valence-corrected chi connectivity index (χ2v) is 5.00. The molecule has 3 rings (SSSR count). The van der Waals surface area contributed by atoms with Crippen molar-refractivity contribution in [2.75, 3.05) is 0 Å². The van der Waals surface area contributed by atoms with Crippen LogP contribution in [0.5, 0.6) is 0 Å². The van der Waals surface area contributed by atoms with Gasteiger partial charge in [-0.25, -0.2) is 4.39 Å². The summed E-state index contributed by atoms with van der Waals surface area (Å²) >= 11 is 5.84. The highest BCUT2D eigenvalue weighted by atomic mass is 35.5. The molecule has 0 unspecified atom stereocenters. The van der Waals surface area contributed by atoms with Crippen molar-refractivity contribution in [1.82, 2.24) is 9.97 Å². The first kappa shape index (κ1) is 13.6. The van der Waals surface area contributed by atoms with Gasteiger partial charge in [0.25, 0.3) is 0 Å². The van der Waals surface area contributed by atoms with Crippen molar-refractivity contribution >= 4 is 28.4 Å². The van der Waals surface area contributed by atoms with Crippen molar-refractivity contribution in [1.29, 1.82) is 0 Å². The lowest BCUT2D eigenvalue weighted by Gasteiger charge is -2.06. The van der Waals surface area contributed by atoms with Crippen LogP contribution in [-0.4, -0.2) is 15.8 Å². The van der Waals surface area contributed by atoms with Crippen LogP contribution in [-0.2, 0) is 6.42 Å². The summed E-state index contributed by atoms with van der Waals surface area (Å²) in [4.78, 5) is 20.7. The lowest BCUT2D eigenvalue weighted by molar-refractivity contribution is 0.0993. The van der Waals surface area contributed by atoms with E-state index in [1.165, 1.54) is 24.4 Å². The van der Waals surface area contributed by atoms with E-state index in [1.807, 2.05) is 0 Å². The highest BCUT2D eigenvalue weighted by molar-refractivity contribution is 6.30. The number of ketones is 1. The van der Waals surface area contributed by atoms with E-state index < -0.39 is 5.82 Å². The molecule has 0 atom stereocenters. The summed E-state index contributed by atoms with van der Waals surface area (Å²) in [6.07, 6.45) is 3.02. The molecule has 0 aliphatic carbocycles. The fraction of sp³-hybridized carbons (Fsp3) is 0.0625. The number of nitrogens with zero attached hydrogens (tertiary/aromatic N) is 2. The number of rotatable bonds is 3. The third-order valence-corrected chi connectivity index (χ3v) is 3.39. The van der Waals surface area contributed by atoms with Crippen molar-refractivity contribution in [3.05, 3.63) is 70.8 Å². The molecule has 0 fully saturated rings. The second kappa shape index (κ2) is 5.58. The molecule has 0 N–H and O–H groups in total. The number of fused-ring (bicyclic) bond motifs is 1. The number of aromatic nitrogens is 2. The smallest absolute Gasteiger partial charge is 0.169 e. The lowest BCUT2D eigenvalue weighted by atomic mass is 10.0. The van der Waals surface area contributed by atoms with Gasteiger partial charge in [0.15, 0.2) is 5.78 Å². The molecule has 0 amide bonds. The van der Waals surface area contributed by atoms with E-state index >= 15 is 0 Å². The lowest BCUT2D eigenvalue weighted by Crippen LogP contribution is -2.07. The first-order valence-electron chi connectivity index (χ1n) is 6.32. The molecule has 0 saturated heterocycles. The number of hydrogen-bond acceptors (Lipinski definition) is 3. The van der Waals surface area contributed by atoms with Crippen LogP contribution >= 0.6 is 11.6 Å². The molecule has 3 nitrogen and oxygen atoms in total. The van der Waals surface area contributed by atoms with Gasteiger partial charge < -0.3 is 0 Å². The van der Waals surface area contributed by atoms with Gasteiger partial charge in [-0.2, -0.15) is 0 Å². The molecule has 3 aromatic rings. The summed E-state index contributed by atoms with van der Waals surface area (Å²) in [7, 11) is 0. The van der Waals surface area contributed by atoms with E-state index in [0.29, 0.717) is 21.6 Å². The Bertz CT molecular complexity index is 830. The van der Waals surface area contributed by atoms with Crippen LogP contribution in [0.4, 0.5) is 4.39 Å². The van der Waals surface area contributed by atoms with Gasteiger partial charge in [-0.3, -0.25) is 14.8 Å². The predicted molar refractivity (Wildman–Crippen MR) is 79.0 cm³/mol. The molecular weight excluding hydrogens is 291 g/mol. The maximum atomic E-state index is 13.7. The number of halogens is 2. The quantitative estimate of drug-likeness (QED) is 0.690. The van der Waals surface area contributed by atoms with E-state index in [-0.39, 0.29) is 17.8 Å². The average Bonchev–Trinajstić information content (AvgIpc) is 2.50. The Kier molecular flexibility index (Phi) is 3.62. The SMILES string of the molecule is O=C(Cc1cc(Cl)ccc1F)c1cccc2nccnc12. The first-order valence-corrected chi connectivity index (χ1v) is 6.70. The van der Waals surface area contributed by atoms with Crippen molar-refractivity contribution in [3.63, 3.8) is 0 Å². The van der Waals surface area contributed by atoms with Gasteiger partial charge in [-0.1, -0.05) is 17.7 Å². The highest BCUT2D eigenvalue weighted by Gasteiger charge is 2.14. The van der Waals surface area contributed by atoms with E-state index in [9.17, 15) is 9.18 Å². The molecule has 5 heteroatoms. The Labute approximate surface area is 125 Å². The van der Waals surface area contributed by atoms with Crippen LogP contribution in [0, 0.1) is 5.82 Å². The molecule has 21 heavy (non-hydrogen) atoms. The average molecular weight is 301 g/mol. The Hall–Kier alpha value is -2.33. The third-order valence-electron chi connectivity index (χ3n) is 3.16. The monoisotopic (exact) mass is 300 g/mol. The second-order valence-electron chi connectivity index (χ2n) is 4.57. The molecule has 2 aromatic carbocycles. The minimum absolute atomic E-state index is 0.0674. The zero-order chi connectivity index (χ0) is 14.8. The van der Waals surface area contributed by atoms with Crippen molar-refractivity contribution < 1.29 is 9.18 Å². The van der Waals surface area contributed by atoms with Gasteiger partial charge in [0.05, 0.1) is 11.0 Å². The van der Waals surface area contributed by atoms with Gasteiger partial charge in [-0.05, 0) is 35.9 Å².